The first-order valence-corrected chi connectivity index (χ1v) is 10.8. The zero-order chi connectivity index (χ0) is 19.7. The highest BCUT2D eigenvalue weighted by atomic mass is 32.2. The van der Waals surface area contributed by atoms with Gasteiger partial charge in [-0.1, -0.05) is 24.3 Å². The predicted molar refractivity (Wildman–Crippen MR) is 110 cm³/mol. The van der Waals surface area contributed by atoms with Crippen LogP contribution in [0.2, 0.25) is 0 Å². The summed E-state index contributed by atoms with van der Waals surface area (Å²) in [5.41, 5.74) is 3.32. The molecule has 0 saturated carbocycles. The first kappa shape index (κ1) is 18.5. The predicted octanol–water partition coefficient (Wildman–Crippen LogP) is 3.75. The molecular weight excluding hydrogens is 374 g/mol. The van der Waals surface area contributed by atoms with Crippen molar-refractivity contribution in [1.82, 2.24) is 0 Å². The maximum atomic E-state index is 12.5. The molecule has 0 heterocycles. The number of carbonyl (C=O) groups is 1. The number of hydrogen-bond donors (Lipinski definition) is 1. The molecule has 144 valence electrons. The molecule has 28 heavy (non-hydrogen) atoms. The van der Waals surface area contributed by atoms with Gasteiger partial charge in [-0.15, -0.1) is 0 Å². The maximum Gasteiger partial charge on any atom is 0.225 e. The Labute approximate surface area is 164 Å². The van der Waals surface area contributed by atoms with Gasteiger partial charge in [0.05, 0.1) is 17.8 Å². The molecule has 6 heteroatoms. The third-order valence-corrected chi connectivity index (χ3v) is 6.90. The summed E-state index contributed by atoms with van der Waals surface area (Å²) in [7, 11) is -2.01. The number of nitrogens with one attached hydrogen (secondary N) is 1. The number of benzene rings is 3. The van der Waals surface area contributed by atoms with E-state index in [0.717, 1.165) is 23.9 Å². The van der Waals surface area contributed by atoms with Gasteiger partial charge in [-0.05, 0) is 59.7 Å². The molecule has 0 aliphatic heterocycles. The van der Waals surface area contributed by atoms with E-state index >= 15 is 0 Å². The van der Waals surface area contributed by atoms with Crippen LogP contribution in [0.25, 0.3) is 10.8 Å². The standard InChI is InChI=1S/C22H21NO4S/c1-27-17-8-10-18(11-9-17)28(25,26)14-13-21(24)23-20-12-7-16-6-5-15-3-2-4-19(20)22(15)16/h2-4,7-12H,5-6,13-14H2,1H3,(H,23,24). The molecule has 1 aliphatic carbocycles. The molecule has 0 atom stereocenters. The molecule has 5 nitrogen and oxygen atoms in total. The molecule has 1 aliphatic rings. The van der Waals surface area contributed by atoms with Gasteiger partial charge >= 0.3 is 0 Å². The summed E-state index contributed by atoms with van der Waals surface area (Å²) in [6, 6.07) is 16.2. The Morgan fingerprint density at radius 2 is 1.71 bits per heavy atom. The Balaban J connectivity index is 1.47. The van der Waals surface area contributed by atoms with Gasteiger partial charge in [-0.2, -0.15) is 0 Å². The second kappa shape index (κ2) is 7.28. The van der Waals surface area contributed by atoms with Crippen LogP contribution in [-0.4, -0.2) is 27.2 Å². The van der Waals surface area contributed by atoms with Crippen molar-refractivity contribution in [2.75, 3.05) is 18.2 Å². The van der Waals surface area contributed by atoms with Gasteiger partial charge in [-0.3, -0.25) is 4.79 Å². The van der Waals surface area contributed by atoms with E-state index < -0.39 is 9.84 Å². The van der Waals surface area contributed by atoms with Crippen LogP contribution in [0.5, 0.6) is 5.75 Å². The van der Waals surface area contributed by atoms with Crippen molar-refractivity contribution in [1.29, 1.82) is 0 Å². The minimum absolute atomic E-state index is 0.0999. The Morgan fingerprint density at radius 1 is 1.00 bits per heavy atom. The smallest absolute Gasteiger partial charge is 0.225 e. The maximum absolute atomic E-state index is 12.5. The van der Waals surface area contributed by atoms with Crippen molar-refractivity contribution >= 4 is 32.2 Å². The first-order valence-electron chi connectivity index (χ1n) is 9.18. The third-order valence-electron chi connectivity index (χ3n) is 5.17. The van der Waals surface area contributed by atoms with Gasteiger partial charge in [0.25, 0.3) is 0 Å². The molecule has 0 unspecified atom stereocenters. The fraction of sp³-hybridized carbons (Fsp3) is 0.227. The Kier molecular flexibility index (Phi) is 4.81. The van der Waals surface area contributed by atoms with Crippen LogP contribution in [-0.2, 0) is 27.5 Å². The van der Waals surface area contributed by atoms with Gasteiger partial charge < -0.3 is 10.1 Å². The van der Waals surface area contributed by atoms with Crippen molar-refractivity contribution < 1.29 is 17.9 Å². The van der Waals surface area contributed by atoms with E-state index in [4.69, 9.17) is 4.74 Å². The molecule has 3 aromatic rings. The first-order chi connectivity index (χ1) is 13.5. The minimum Gasteiger partial charge on any atom is -0.497 e. The average Bonchev–Trinajstić information content (AvgIpc) is 3.13. The molecule has 0 saturated heterocycles. The quantitative estimate of drug-likeness (QED) is 0.690. The second-order valence-corrected chi connectivity index (χ2v) is 9.01. The SMILES string of the molecule is COc1ccc(S(=O)(=O)CCC(=O)Nc2ccc3c4c(cccc24)CC3)cc1. The number of amides is 1. The van der Waals surface area contributed by atoms with Gasteiger partial charge in [0, 0.05) is 17.5 Å². The molecule has 0 spiro atoms. The summed E-state index contributed by atoms with van der Waals surface area (Å²) >= 11 is 0. The molecule has 3 aromatic carbocycles. The van der Waals surface area contributed by atoms with Crippen molar-refractivity contribution in [2.24, 2.45) is 0 Å². The number of hydrogen-bond acceptors (Lipinski definition) is 4. The summed E-state index contributed by atoms with van der Waals surface area (Å²) < 4.78 is 30.0. The van der Waals surface area contributed by atoms with Crippen LogP contribution >= 0.6 is 0 Å². The van der Waals surface area contributed by atoms with Crippen molar-refractivity contribution in [3.63, 3.8) is 0 Å². The lowest BCUT2D eigenvalue weighted by Crippen LogP contribution is -2.17. The lowest BCUT2D eigenvalue weighted by atomic mass is 10.0. The van der Waals surface area contributed by atoms with E-state index in [-0.39, 0.29) is 23.0 Å². The number of aryl methyl sites for hydroxylation is 2. The summed E-state index contributed by atoms with van der Waals surface area (Å²) in [4.78, 5) is 12.6. The summed E-state index contributed by atoms with van der Waals surface area (Å²) in [6.07, 6.45) is 1.94. The third kappa shape index (κ3) is 3.47. The number of rotatable bonds is 6. The molecule has 0 radical (unpaired) electrons. The van der Waals surface area contributed by atoms with Gasteiger partial charge in [0.15, 0.2) is 9.84 Å². The van der Waals surface area contributed by atoms with E-state index in [1.165, 1.54) is 35.8 Å². The Bertz CT molecular complexity index is 1140. The Morgan fingerprint density at radius 3 is 2.43 bits per heavy atom. The highest BCUT2D eigenvalue weighted by molar-refractivity contribution is 7.91. The van der Waals surface area contributed by atoms with Crippen molar-refractivity contribution in [2.45, 2.75) is 24.2 Å². The molecular formula is C22H21NO4S. The molecule has 1 N–H and O–H groups in total. The fourth-order valence-electron chi connectivity index (χ4n) is 3.70. The average molecular weight is 395 g/mol. The summed E-state index contributed by atoms with van der Waals surface area (Å²) in [5.74, 6) is 0.0337. The highest BCUT2D eigenvalue weighted by Crippen LogP contribution is 2.35. The number of anilines is 1. The van der Waals surface area contributed by atoms with Crippen LogP contribution in [0.15, 0.2) is 59.5 Å². The van der Waals surface area contributed by atoms with Gasteiger partial charge in [0.1, 0.15) is 5.75 Å². The van der Waals surface area contributed by atoms with Crippen LogP contribution in [0.1, 0.15) is 17.5 Å². The zero-order valence-corrected chi connectivity index (χ0v) is 16.4. The topological polar surface area (TPSA) is 72.5 Å². The van der Waals surface area contributed by atoms with Gasteiger partial charge in [-0.25, -0.2) is 8.42 Å². The van der Waals surface area contributed by atoms with E-state index in [9.17, 15) is 13.2 Å². The number of methoxy groups -OCH3 is 1. The molecule has 0 bridgehead atoms. The normalized spacial score (nSPS) is 12.9. The lowest BCUT2D eigenvalue weighted by Gasteiger charge is -2.11. The molecule has 4 rings (SSSR count). The van der Waals surface area contributed by atoms with Gasteiger partial charge in [0.2, 0.25) is 5.91 Å². The summed E-state index contributed by atoms with van der Waals surface area (Å²) in [6.45, 7) is 0. The number of ether oxygens (including phenoxy) is 1. The van der Waals surface area contributed by atoms with E-state index in [1.54, 1.807) is 12.1 Å². The Hall–Kier alpha value is -2.86. The molecule has 1 amide bonds. The number of sulfone groups is 1. The van der Waals surface area contributed by atoms with Crippen molar-refractivity contribution in [3.05, 3.63) is 65.7 Å². The van der Waals surface area contributed by atoms with E-state index in [1.807, 2.05) is 24.3 Å². The van der Waals surface area contributed by atoms with Crippen LogP contribution in [0, 0.1) is 0 Å². The lowest BCUT2D eigenvalue weighted by molar-refractivity contribution is -0.115. The summed E-state index contributed by atoms with van der Waals surface area (Å²) in [5, 5.41) is 5.11. The largest absolute Gasteiger partial charge is 0.497 e. The van der Waals surface area contributed by atoms with Crippen LogP contribution in [0.3, 0.4) is 0 Å². The zero-order valence-electron chi connectivity index (χ0n) is 15.6. The monoisotopic (exact) mass is 395 g/mol. The van der Waals surface area contributed by atoms with E-state index in [0.29, 0.717) is 5.75 Å². The van der Waals surface area contributed by atoms with Crippen LogP contribution in [0.4, 0.5) is 5.69 Å². The van der Waals surface area contributed by atoms with Crippen LogP contribution < -0.4 is 10.1 Å². The second-order valence-electron chi connectivity index (χ2n) is 6.90. The molecule has 0 aromatic heterocycles. The molecule has 0 fully saturated rings. The highest BCUT2D eigenvalue weighted by Gasteiger charge is 2.19. The fourth-order valence-corrected chi connectivity index (χ4v) is 4.94. The minimum atomic E-state index is -3.53. The van der Waals surface area contributed by atoms with E-state index in [2.05, 4.69) is 11.4 Å². The number of carbonyl (C=O) groups excluding carboxylic acids is 1. The van der Waals surface area contributed by atoms with Crippen molar-refractivity contribution in [3.8, 4) is 5.75 Å².